The average molecular weight is 614 g/mol. The molecule has 2 aromatic carbocycles. The highest BCUT2D eigenvalue weighted by Crippen LogP contribution is 2.46. The second-order valence-corrected chi connectivity index (χ2v) is 11.9. The number of ether oxygens (including phenoxy) is 2. The molecule has 42 heavy (non-hydrogen) atoms. The van der Waals surface area contributed by atoms with E-state index in [4.69, 9.17) is 38.4 Å². The molecular formula is C31H34Cl2N4O5. The van der Waals surface area contributed by atoms with E-state index in [-0.39, 0.29) is 29.2 Å². The van der Waals surface area contributed by atoms with Crippen LogP contribution in [0.25, 0.3) is 0 Å². The molecule has 0 radical (unpaired) electrons. The van der Waals surface area contributed by atoms with E-state index in [0.29, 0.717) is 42.4 Å². The zero-order chi connectivity index (χ0) is 30.1. The van der Waals surface area contributed by atoms with Crippen LogP contribution in [-0.4, -0.2) is 52.5 Å². The van der Waals surface area contributed by atoms with Gasteiger partial charge in [0, 0.05) is 29.1 Å². The van der Waals surface area contributed by atoms with Crippen LogP contribution in [0.15, 0.2) is 47.4 Å². The number of aromatic nitrogens is 2. The first kappa shape index (κ1) is 30.1. The van der Waals surface area contributed by atoms with Gasteiger partial charge >= 0.3 is 5.97 Å². The van der Waals surface area contributed by atoms with Gasteiger partial charge in [-0.1, -0.05) is 68.2 Å². The molecule has 0 saturated carbocycles. The number of fused-ring (bicyclic) bond motifs is 3. The van der Waals surface area contributed by atoms with Gasteiger partial charge in [0.1, 0.15) is 6.04 Å². The van der Waals surface area contributed by atoms with E-state index in [1.165, 1.54) is 0 Å². The highest BCUT2D eigenvalue weighted by atomic mass is 35.5. The van der Waals surface area contributed by atoms with Gasteiger partial charge in [-0.05, 0) is 59.6 Å². The van der Waals surface area contributed by atoms with Gasteiger partial charge in [-0.25, -0.2) is 0 Å². The van der Waals surface area contributed by atoms with Crippen molar-refractivity contribution in [3.8, 4) is 5.75 Å². The van der Waals surface area contributed by atoms with Gasteiger partial charge in [0.2, 0.25) is 18.0 Å². The van der Waals surface area contributed by atoms with Crippen molar-refractivity contribution in [1.29, 1.82) is 0 Å². The van der Waals surface area contributed by atoms with Crippen molar-refractivity contribution in [1.82, 2.24) is 14.7 Å². The van der Waals surface area contributed by atoms with Crippen molar-refractivity contribution in [3.63, 3.8) is 0 Å². The van der Waals surface area contributed by atoms with Gasteiger partial charge in [0.05, 0.1) is 12.2 Å². The summed E-state index contributed by atoms with van der Waals surface area (Å²) < 4.78 is 12.5. The Morgan fingerprint density at radius 2 is 1.69 bits per heavy atom. The highest BCUT2D eigenvalue weighted by Gasteiger charge is 2.42. The van der Waals surface area contributed by atoms with Crippen molar-refractivity contribution in [2.24, 2.45) is 11.7 Å². The number of nitrogens with two attached hydrogens (primary N) is 1. The number of benzene rings is 2. The van der Waals surface area contributed by atoms with Crippen molar-refractivity contribution in [3.05, 3.63) is 90.8 Å². The number of esters is 1. The van der Waals surface area contributed by atoms with Crippen molar-refractivity contribution >= 4 is 35.1 Å². The first-order valence-electron chi connectivity index (χ1n) is 14.1. The van der Waals surface area contributed by atoms with Gasteiger partial charge < -0.3 is 20.1 Å². The molecule has 11 heteroatoms. The summed E-state index contributed by atoms with van der Waals surface area (Å²) >= 11 is 13.5. The lowest BCUT2D eigenvalue weighted by molar-refractivity contribution is -0.152. The van der Waals surface area contributed by atoms with E-state index < -0.39 is 30.3 Å². The molecule has 5 rings (SSSR count). The zero-order valence-corrected chi connectivity index (χ0v) is 25.3. The molecule has 1 aliphatic carbocycles. The Hall–Kier alpha value is -3.40. The van der Waals surface area contributed by atoms with Gasteiger partial charge in [-0.2, -0.15) is 5.10 Å². The lowest BCUT2D eigenvalue weighted by Crippen LogP contribution is -2.47. The standard InChI is InChI=1S/C31H34Cl2N4O5/c1-4-13-36-15-24(26-20-7-5-9-22(32)18(20)11-12-19-21(26)8-6-10-23(19)33)37-28(30(36)39)29(25(38)14-35-37)41-16-42-31(40)27(34)17(2)3/h5-10,14,17,24,26-27H,4,11-13,15-16,34H2,1-3H3. The third-order valence-electron chi connectivity index (χ3n) is 8.06. The fraction of sp³-hybridized carbons (Fsp3) is 0.419. The number of carbonyl (C=O) groups is 2. The number of hydrogen-bond donors (Lipinski definition) is 1. The third-order valence-corrected chi connectivity index (χ3v) is 8.77. The summed E-state index contributed by atoms with van der Waals surface area (Å²) in [6.45, 7) is 5.81. The summed E-state index contributed by atoms with van der Waals surface area (Å²) in [5.74, 6) is -1.70. The van der Waals surface area contributed by atoms with Crippen LogP contribution in [0.1, 0.15) is 71.9 Å². The summed E-state index contributed by atoms with van der Waals surface area (Å²) in [7, 11) is 0. The minimum Gasteiger partial charge on any atom is -0.451 e. The van der Waals surface area contributed by atoms with Crippen LogP contribution < -0.4 is 15.9 Å². The van der Waals surface area contributed by atoms with Gasteiger partial charge in [0.15, 0.2) is 5.69 Å². The van der Waals surface area contributed by atoms with E-state index in [1.54, 1.807) is 23.4 Å². The number of hydrogen-bond acceptors (Lipinski definition) is 7. The predicted molar refractivity (Wildman–Crippen MR) is 160 cm³/mol. The Morgan fingerprint density at radius 3 is 2.26 bits per heavy atom. The fourth-order valence-corrected chi connectivity index (χ4v) is 6.44. The van der Waals surface area contributed by atoms with Crippen LogP contribution in [0.3, 0.4) is 0 Å². The number of amides is 1. The lowest BCUT2D eigenvalue weighted by atomic mass is 9.81. The Labute approximate surface area is 254 Å². The quantitative estimate of drug-likeness (QED) is 0.288. The largest absolute Gasteiger partial charge is 0.451 e. The summed E-state index contributed by atoms with van der Waals surface area (Å²) in [4.78, 5) is 40.9. The molecule has 3 aromatic rings. The van der Waals surface area contributed by atoms with E-state index in [9.17, 15) is 14.4 Å². The number of nitrogens with zero attached hydrogens (tertiary/aromatic N) is 3. The minimum atomic E-state index is -0.846. The van der Waals surface area contributed by atoms with Crippen LogP contribution in [0.5, 0.6) is 5.75 Å². The molecule has 2 aliphatic rings. The van der Waals surface area contributed by atoms with Crippen LogP contribution >= 0.6 is 23.2 Å². The average Bonchev–Trinajstić information content (AvgIpc) is 3.13. The Kier molecular flexibility index (Phi) is 8.92. The molecule has 0 bridgehead atoms. The summed E-state index contributed by atoms with van der Waals surface area (Å²) in [6.07, 6.45) is 3.24. The maximum Gasteiger partial charge on any atom is 0.326 e. The van der Waals surface area contributed by atoms with Crippen molar-refractivity contribution in [2.45, 2.75) is 58.0 Å². The monoisotopic (exact) mass is 612 g/mol. The van der Waals surface area contributed by atoms with Gasteiger partial charge in [-0.3, -0.25) is 19.1 Å². The molecule has 0 fully saturated rings. The molecule has 2 heterocycles. The molecule has 222 valence electrons. The molecule has 0 spiro atoms. The number of carbonyl (C=O) groups excluding carboxylic acids is 2. The molecule has 2 N–H and O–H groups in total. The Bertz CT molecular complexity index is 1520. The van der Waals surface area contributed by atoms with Crippen molar-refractivity contribution < 1.29 is 19.1 Å². The smallest absolute Gasteiger partial charge is 0.326 e. The maximum absolute atomic E-state index is 13.8. The Balaban J connectivity index is 1.64. The highest BCUT2D eigenvalue weighted by molar-refractivity contribution is 6.32. The molecular weight excluding hydrogens is 579 g/mol. The van der Waals surface area contributed by atoms with Crippen LogP contribution in [0.2, 0.25) is 10.0 Å². The minimum absolute atomic E-state index is 0.00723. The second-order valence-electron chi connectivity index (χ2n) is 11.0. The predicted octanol–water partition coefficient (Wildman–Crippen LogP) is 4.75. The molecule has 0 saturated heterocycles. The maximum atomic E-state index is 13.8. The summed E-state index contributed by atoms with van der Waals surface area (Å²) in [6, 6.07) is 10.4. The summed E-state index contributed by atoms with van der Waals surface area (Å²) in [5.41, 5.74) is 9.36. The van der Waals surface area contributed by atoms with Crippen LogP contribution in [-0.2, 0) is 22.4 Å². The topological polar surface area (TPSA) is 117 Å². The van der Waals surface area contributed by atoms with Crippen LogP contribution in [0.4, 0.5) is 0 Å². The first-order valence-corrected chi connectivity index (χ1v) is 14.9. The van der Waals surface area contributed by atoms with Crippen molar-refractivity contribution in [2.75, 3.05) is 19.9 Å². The summed E-state index contributed by atoms with van der Waals surface area (Å²) in [5, 5.41) is 5.81. The fourth-order valence-electron chi connectivity index (χ4n) is 5.89. The molecule has 1 aromatic heterocycles. The van der Waals surface area contributed by atoms with Gasteiger partial charge in [0.25, 0.3) is 5.91 Å². The van der Waals surface area contributed by atoms with Gasteiger partial charge in [-0.15, -0.1) is 0 Å². The van der Waals surface area contributed by atoms with E-state index in [2.05, 4.69) is 17.2 Å². The number of halogens is 2. The second kappa shape index (κ2) is 12.5. The Morgan fingerprint density at radius 1 is 1.07 bits per heavy atom. The molecule has 1 aliphatic heterocycles. The van der Waals surface area contributed by atoms with Crippen LogP contribution in [0, 0.1) is 5.92 Å². The first-order chi connectivity index (χ1) is 20.1. The van der Waals surface area contributed by atoms with E-state index in [1.807, 2.05) is 31.2 Å². The molecule has 2 atom stereocenters. The van der Waals surface area contributed by atoms with E-state index in [0.717, 1.165) is 28.5 Å². The lowest BCUT2D eigenvalue weighted by Gasteiger charge is -2.40. The third kappa shape index (κ3) is 5.53. The normalized spacial score (nSPS) is 17.3. The SMILES string of the molecule is CCCN1CC(C2c3cccc(Cl)c3CCc3c(Cl)cccc32)n2ncc(=O)c(OCOC(=O)C(N)C(C)C)c2C1=O. The van der Waals surface area contributed by atoms with E-state index >= 15 is 0 Å². The molecule has 2 unspecified atom stereocenters. The zero-order valence-electron chi connectivity index (χ0n) is 23.8. The molecule has 9 nitrogen and oxygen atoms in total. The number of rotatable bonds is 8. The molecule has 1 amide bonds.